The summed E-state index contributed by atoms with van der Waals surface area (Å²) >= 11 is 0. The fourth-order valence-corrected chi connectivity index (χ4v) is 2.59. The van der Waals surface area contributed by atoms with E-state index in [1.807, 2.05) is 45.0 Å². The first-order valence-corrected chi connectivity index (χ1v) is 9.57. The van der Waals surface area contributed by atoms with Crippen LogP contribution in [0, 0.1) is 0 Å². The maximum atomic E-state index is 11.7. The second kappa shape index (κ2) is 9.29. The maximum Gasteiger partial charge on any atom is 0.407 e. The van der Waals surface area contributed by atoms with Crippen molar-refractivity contribution >= 4 is 12.1 Å². The summed E-state index contributed by atoms with van der Waals surface area (Å²) in [6, 6.07) is 14.0. The third-order valence-electron chi connectivity index (χ3n) is 4.09. The van der Waals surface area contributed by atoms with Crippen LogP contribution in [0.4, 0.5) is 4.79 Å². The van der Waals surface area contributed by atoms with Gasteiger partial charge in [-0.15, -0.1) is 20.4 Å². The Morgan fingerprint density at radius 1 is 0.839 bits per heavy atom. The van der Waals surface area contributed by atoms with Crippen LogP contribution in [0.1, 0.15) is 36.7 Å². The van der Waals surface area contributed by atoms with Gasteiger partial charge in [0.25, 0.3) is 0 Å². The number of rotatable bonds is 5. The van der Waals surface area contributed by atoms with E-state index in [0.717, 1.165) is 11.1 Å². The molecule has 0 unspecified atom stereocenters. The van der Waals surface area contributed by atoms with Gasteiger partial charge >= 0.3 is 12.1 Å². The zero-order valence-corrected chi connectivity index (χ0v) is 17.7. The Kier molecular flexibility index (Phi) is 6.54. The molecular weight excluding hydrogens is 398 g/mol. The first-order valence-electron chi connectivity index (χ1n) is 9.57. The molecule has 0 fully saturated rings. The molecule has 0 aliphatic carbocycles. The zero-order valence-electron chi connectivity index (χ0n) is 17.7. The highest BCUT2D eigenvalue weighted by atomic mass is 16.6. The average molecular weight is 421 g/mol. The van der Waals surface area contributed by atoms with Crippen molar-refractivity contribution in [2.75, 3.05) is 7.11 Å². The number of hydrogen-bond acceptors (Lipinski definition) is 8. The lowest BCUT2D eigenvalue weighted by Gasteiger charge is -2.19. The monoisotopic (exact) mass is 421 g/mol. The van der Waals surface area contributed by atoms with Gasteiger partial charge in [0, 0.05) is 17.7 Å². The molecule has 0 bridgehead atoms. The summed E-state index contributed by atoms with van der Waals surface area (Å²) in [6.45, 7) is 5.78. The molecule has 3 aromatic rings. The Morgan fingerprint density at radius 2 is 1.32 bits per heavy atom. The number of hydrogen-bond donors (Lipinski definition) is 1. The number of aromatic nitrogens is 4. The molecule has 0 saturated heterocycles. The van der Waals surface area contributed by atoms with E-state index in [-0.39, 0.29) is 0 Å². The zero-order chi connectivity index (χ0) is 22.4. The Bertz CT molecular complexity index is 1040. The Hall–Kier alpha value is -3.88. The number of methoxy groups -OCH3 is 1. The predicted octanol–water partition coefficient (Wildman–Crippen LogP) is 3.41. The van der Waals surface area contributed by atoms with Gasteiger partial charge in [-0.1, -0.05) is 36.4 Å². The second-order valence-corrected chi connectivity index (χ2v) is 7.67. The van der Waals surface area contributed by atoms with Crippen molar-refractivity contribution in [2.45, 2.75) is 32.9 Å². The third-order valence-corrected chi connectivity index (χ3v) is 4.09. The van der Waals surface area contributed by atoms with Crippen LogP contribution in [-0.2, 0) is 16.0 Å². The molecular formula is C22H23N5O4. The van der Waals surface area contributed by atoms with Crippen molar-refractivity contribution in [2.24, 2.45) is 0 Å². The molecule has 160 valence electrons. The summed E-state index contributed by atoms with van der Waals surface area (Å²) in [6.07, 6.45) is -0.469. The lowest BCUT2D eigenvalue weighted by atomic mass is 10.1. The number of nitrogens with one attached hydrogen (secondary N) is 1. The normalized spacial score (nSPS) is 11.0. The number of ether oxygens (including phenoxy) is 2. The van der Waals surface area contributed by atoms with Gasteiger partial charge in [-0.2, -0.15) is 0 Å². The van der Waals surface area contributed by atoms with E-state index in [0.29, 0.717) is 29.3 Å². The van der Waals surface area contributed by atoms with Crippen LogP contribution < -0.4 is 5.32 Å². The molecule has 0 aliphatic rings. The molecule has 1 amide bonds. The van der Waals surface area contributed by atoms with Gasteiger partial charge in [0.1, 0.15) is 5.60 Å². The van der Waals surface area contributed by atoms with Gasteiger partial charge in [0.05, 0.1) is 12.7 Å². The number of carbonyl (C=O) groups excluding carboxylic acids is 2. The van der Waals surface area contributed by atoms with Crippen molar-refractivity contribution in [1.29, 1.82) is 0 Å². The molecule has 1 heterocycles. The molecule has 0 radical (unpaired) electrons. The van der Waals surface area contributed by atoms with Gasteiger partial charge in [-0.3, -0.25) is 0 Å². The molecule has 2 aromatic carbocycles. The fourth-order valence-electron chi connectivity index (χ4n) is 2.59. The van der Waals surface area contributed by atoms with Crippen LogP contribution >= 0.6 is 0 Å². The van der Waals surface area contributed by atoms with Crippen LogP contribution in [0.5, 0.6) is 0 Å². The minimum atomic E-state index is -0.541. The minimum absolute atomic E-state index is 0.340. The number of nitrogens with zero attached hydrogens (tertiary/aromatic N) is 4. The summed E-state index contributed by atoms with van der Waals surface area (Å²) in [4.78, 5) is 23.3. The first kappa shape index (κ1) is 21.8. The molecule has 9 nitrogen and oxygen atoms in total. The fraction of sp³-hybridized carbons (Fsp3) is 0.273. The average Bonchev–Trinajstić information content (AvgIpc) is 2.76. The van der Waals surface area contributed by atoms with E-state index < -0.39 is 17.7 Å². The van der Waals surface area contributed by atoms with E-state index in [1.54, 1.807) is 24.3 Å². The molecule has 0 atom stereocenters. The third kappa shape index (κ3) is 6.05. The van der Waals surface area contributed by atoms with Crippen molar-refractivity contribution in [3.05, 3.63) is 59.7 Å². The highest BCUT2D eigenvalue weighted by Gasteiger charge is 2.15. The van der Waals surface area contributed by atoms with Crippen LogP contribution in [0.2, 0.25) is 0 Å². The van der Waals surface area contributed by atoms with Gasteiger partial charge in [-0.05, 0) is 38.5 Å². The van der Waals surface area contributed by atoms with E-state index in [1.165, 1.54) is 7.11 Å². The van der Waals surface area contributed by atoms with Crippen molar-refractivity contribution < 1.29 is 19.1 Å². The smallest absolute Gasteiger partial charge is 0.407 e. The number of alkyl carbamates (subject to hydrolysis) is 1. The lowest BCUT2D eigenvalue weighted by molar-refractivity contribution is 0.0522. The van der Waals surface area contributed by atoms with Crippen LogP contribution in [0.3, 0.4) is 0 Å². The number of carbonyl (C=O) groups is 2. The van der Waals surface area contributed by atoms with E-state index in [4.69, 9.17) is 4.74 Å². The summed E-state index contributed by atoms with van der Waals surface area (Å²) in [5.41, 5.74) is 2.22. The highest BCUT2D eigenvalue weighted by molar-refractivity contribution is 5.89. The lowest BCUT2D eigenvalue weighted by Crippen LogP contribution is -2.32. The van der Waals surface area contributed by atoms with Gasteiger partial charge in [-0.25, -0.2) is 9.59 Å². The minimum Gasteiger partial charge on any atom is -0.465 e. The summed E-state index contributed by atoms with van der Waals surface area (Å²) in [7, 11) is 1.33. The number of amides is 1. The Labute approximate surface area is 179 Å². The quantitative estimate of drug-likeness (QED) is 0.623. The molecule has 0 saturated carbocycles. The van der Waals surface area contributed by atoms with Gasteiger partial charge < -0.3 is 14.8 Å². The largest absolute Gasteiger partial charge is 0.465 e. The van der Waals surface area contributed by atoms with Crippen molar-refractivity contribution in [3.63, 3.8) is 0 Å². The summed E-state index contributed by atoms with van der Waals surface area (Å²) in [5.74, 6) is 0.309. The first-order chi connectivity index (χ1) is 14.7. The van der Waals surface area contributed by atoms with E-state index >= 15 is 0 Å². The van der Waals surface area contributed by atoms with Gasteiger partial charge in [0.2, 0.25) is 11.6 Å². The molecule has 1 N–H and O–H groups in total. The number of benzene rings is 2. The van der Waals surface area contributed by atoms with Crippen LogP contribution in [0.25, 0.3) is 22.8 Å². The maximum absolute atomic E-state index is 11.7. The molecule has 31 heavy (non-hydrogen) atoms. The standard InChI is InChI=1S/C22H23N5O4/c1-22(2,3)31-21(29)23-13-14-5-7-15(8-6-14)18-24-26-19(27-25-18)16-9-11-17(12-10-16)20(28)30-4/h5-12H,13H2,1-4H3,(H,23,29). The molecule has 0 aliphatic heterocycles. The Morgan fingerprint density at radius 3 is 1.77 bits per heavy atom. The van der Waals surface area contributed by atoms with Crippen LogP contribution in [-0.4, -0.2) is 45.2 Å². The van der Waals surface area contributed by atoms with Crippen LogP contribution in [0.15, 0.2) is 48.5 Å². The number of esters is 1. The van der Waals surface area contributed by atoms with Crippen molar-refractivity contribution in [1.82, 2.24) is 25.7 Å². The molecule has 0 spiro atoms. The summed E-state index contributed by atoms with van der Waals surface area (Å²) in [5, 5.41) is 19.2. The summed E-state index contributed by atoms with van der Waals surface area (Å²) < 4.78 is 9.89. The van der Waals surface area contributed by atoms with E-state index in [9.17, 15) is 9.59 Å². The van der Waals surface area contributed by atoms with Crippen molar-refractivity contribution in [3.8, 4) is 22.8 Å². The second-order valence-electron chi connectivity index (χ2n) is 7.67. The van der Waals surface area contributed by atoms with E-state index in [2.05, 4.69) is 30.4 Å². The SMILES string of the molecule is COC(=O)c1ccc(-c2nnc(-c3ccc(CNC(=O)OC(C)(C)C)cc3)nn2)cc1. The highest BCUT2D eigenvalue weighted by Crippen LogP contribution is 2.18. The Balaban J connectivity index is 1.63. The molecule has 9 heteroatoms. The predicted molar refractivity (Wildman–Crippen MR) is 113 cm³/mol. The topological polar surface area (TPSA) is 116 Å². The van der Waals surface area contributed by atoms with Gasteiger partial charge in [0.15, 0.2) is 0 Å². The molecule has 1 aromatic heterocycles. The molecule has 3 rings (SSSR count).